The molecule has 0 bridgehead atoms. The van der Waals surface area contributed by atoms with Crippen LogP contribution in [0.5, 0.6) is 5.75 Å². The SMILES string of the molecule is COC1CCCC(Nc2cccc(OC(F)F)c2)C1. The summed E-state index contributed by atoms with van der Waals surface area (Å²) in [7, 11) is 1.73. The van der Waals surface area contributed by atoms with Crippen molar-refractivity contribution in [3.05, 3.63) is 24.3 Å². The number of hydrogen-bond donors (Lipinski definition) is 1. The topological polar surface area (TPSA) is 30.5 Å². The summed E-state index contributed by atoms with van der Waals surface area (Å²) >= 11 is 0. The van der Waals surface area contributed by atoms with Gasteiger partial charge in [0.2, 0.25) is 0 Å². The number of nitrogens with one attached hydrogen (secondary N) is 1. The zero-order valence-corrected chi connectivity index (χ0v) is 10.9. The van der Waals surface area contributed by atoms with Crippen LogP contribution in [0.3, 0.4) is 0 Å². The van der Waals surface area contributed by atoms with E-state index < -0.39 is 6.61 Å². The second kappa shape index (κ2) is 6.70. The van der Waals surface area contributed by atoms with E-state index in [1.165, 1.54) is 6.07 Å². The summed E-state index contributed by atoms with van der Waals surface area (Å²) in [6, 6.07) is 7.00. The van der Waals surface area contributed by atoms with Gasteiger partial charge < -0.3 is 14.8 Å². The Labute approximate surface area is 111 Å². The van der Waals surface area contributed by atoms with E-state index >= 15 is 0 Å². The molecule has 0 aliphatic heterocycles. The van der Waals surface area contributed by atoms with Crippen molar-refractivity contribution < 1.29 is 18.3 Å². The Kier molecular flexibility index (Phi) is 4.96. The summed E-state index contributed by atoms with van der Waals surface area (Å²) in [5.74, 6) is 0.180. The van der Waals surface area contributed by atoms with Crippen LogP contribution in [0.1, 0.15) is 25.7 Å². The van der Waals surface area contributed by atoms with Gasteiger partial charge in [0.1, 0.15) is 5.75 Å². The van der Waals surface area contributed by atoms with Gasteiger partial charge in [0.25, 0.3) is 0 Å². The minimum atomic E-state index is -2.79. The second-order valence-corrected chi connectivity index (χ2v) is 4.77. The lowest BCUT2D eigenvalue weighted by molar-refractivity contribution is -0.0498. The number of benzene rings is 1. The molecule has 0 amide bonds. The molecule has 0 aromatic heterocycles. The minimum absolute atomic E-state index is 0.180. The molecule has 1 aromatic rings. The molecule has 2 atom stereocenters. The number of ether oxygens (including phenoxy) is 2. The van der Waals surface area contributed by atoms with E-state index in [0.717, 1.165) is 31.4 Å². The van der Waals surface area contributed by atoms with Gasteiger partial charge in [-0.05, 0) is 37.8 Å². The highest BCUT2D eigenvalue weighted by atomic mass is 19.3. The van der Waals surface area contributed by atoms with Crippen LogP contribution in [0.15, 0.2) is 24.3 Å². The largest absolute Gasteiger partial charge is 0.435 e. The number of hydrogen-bond acceptors (Lipinski definition) is 3. The molecular formula is C14H19F2NO2. The van der Waals surface area contributed by atoms with Gasteiger partial charge >= 0.3 is 6.61 Å². The van der Waals surface area contributed by atoms with Crippen LogP contribution in [-0.2, 0) is 4.74 Å². The van der Waals surface area contributed by atoms with E-state index in [-0.39, 0.29) is 11.9 Å². The first kappa shape index (κ1) is 14.1. The molecule has 1 fully saturated rings. The Hall–Kier alpha value is -1.36. The van der Waals surface area contributed by atoms with Crippen LogP contribution in [0.2, 0.25) is 0 Å². The van der Waals surface area contributed by atoms with Crippen molar-refractivity contribution in [2.75, 3.05) is 12.4 Å². The monoisotopic (exact) mass is 271 g/mol. The Morgan fingerprint density at radius 2 is 2.16 bits per heavy atom. The molecule has 5 heteroatoms. The fourth-order valence-electron chi connectivity index (χ4n) is 2.49. The smallest absolute Gasteiger partial charge is 0.387 e. The average Bonchev–Trinajstić information content (AvgIpc) is 2.38. The van der Waals surface area contributed by atoms with Crippen LogP contribution in [-0.4, -0.2) is 25.9 Å². The number of rotatable bonds is 5. The maximum absolute atomic E-state index is 12.1. The normalized spacial score (nSPS) is 23.4. The molecule has 0 saturated heterocycles. The van der Waals surface area contributed by atoms with Gasteiger partial charge in [-0.15, -0.1) is 0 Å². The molecule has 0 spiro atoms. The van der Waals surface area contributed by atoms with E-state index in [2.05, 4.69) is 10.1 Å². The highest BCUT2D eigenvalue weighted by molar-refractivity contribution is 5.48. The summed E-state index contributed by atoms with van der Waals surface area (Å²) in [6.45, 7) is -2.79. The zero-order valence-electron chi connectivity index (χ0n) is 10.9. The molecule has 1 aliphatic rings. The minimum Gasteiger partial charge on any atom is -0.435 e. The highest BCUT2D eigenvalue weighted by Crippen LogP contribution is 2.26. The molecule has 0 radical (unpaired) electrons. The fraction of sp³-hybridized carbons (Fsp3) is 0.571. The lowest BCUT2D eigenvalue weighted by Gasteiger charge is -2.29. The van der Waals surface area contributed by atoms with Crippen LogP contribution >= 0.6 is 0 Å². The van der Waals surface area contributed by atoms with Gasteiger partial charge in [0.15, 0.2) is 0 Å². The Morgan fingerprint density at radius 1 is 1.32 bits per heavy atom. The molecule has 1 N–H and O–H groups in total. The standard InChI is InChI=1S/C14H19F2NO2/c1-18-12-6-2-4-10(8-12)17-11-5-3-7-13(9-11)19-14(15)16/h3,5,7,9-10,12,14,17H,2,4,6,8H2,1H3. The van der Waals surface area contributed by atoms with E-state index in [9.17, 15) is 8.78 Å². The third kappa shape index (κ3) is 4.35. The summed E-state index contributed by atoms with van der Waals surface area (Å²) in [4.78, 5) is 0. The quantitative estimate of drug-likeness (QED) is 0.886. The van der Waals surface area contributed by atoms with Gasteiger partial charge in [0, 0.05) is 24.9 Å². The fourth-order valence-corrected chi connectivity index (χ4v) is 2.49. The lowest BCUT2D eigenvalue weighted by atomic mass is 9.92. The van der Waals surface area contributed by atoms with Gasteiger partial charge in [-0.1, -0.05) is 6.07 Å². The van der Waals surface area contributed by atoms with Crippen molar-refractivity contribution in [3.63, 3.8) is 0 Å². The molecule has 1 aliphatic carbocycles. The average molecular weight is 271 g/mol. The maximum atomic E-state index is 12.1. The van der Waals surface area contributed by atoms with Crippen molar-refractivity contribution >= 4 is 5.69 Å². The van der Waals surface area contributed by atoms with Gasteiger partial charge in [0.05, 0.1) is 6.10 Å². The van der Waals surface area contributed by atoms with Crippen LogP contribution in [0.4, 0.5) is 14.5 Å². The summed E-state index contributed by atoms with van der Waals surface area (Å²) in [6.07, 6.45) is 4.50. The van der Waals surface area contributed by atoms with E-state index in [1.54, 1.807) is 19.2 Å². The first-order valence-electron chi connectivity index (χ1n) is 6.51. The number of anilines is 1. The molecule has 0 heterocycles. The van der Waals surface area contributed by atoms with Crippen molar-refractivity contribution in [3.8, 4) is 5.75 Å². The van der Waals surface area contributed by atoms with Crippen LogP contribution in [0, 0.1) is 0 Å². The number of alkyl halides is 2. The molecule has 2 unspecified atom stereocenters. The van der Waals surface area contributed by atoms with E-state index in [1.807, 2.05) is 6.07 Å². The van der Waals surface area contributed by atoms with Crippen molar-refractivity contribution in [2.24, 2.45) is 0 Å². The molecular weight excluding hydrogens is 252 g/mol. The number of methoxy groups -OCH3 is 1. The maximum Gasteiger partial charge on any atom is 0.387 e. The third-order valence-corrected chi connectivity index (χ3v) is 3.39. The van der Waals surface area contributed by atoms with Crippen molar-refractivity contribution in [1.29, 1.82) is 0 Å². The highest BCUT2D eigenvalue weighted by Gasteiger charge is 2.21. The summed E-state index contributed by atoms with van der Waals surface area (Å²) in [5.41, 5.74) is 0.805. The Bertz CT molecular complexity index is 401. The van der Waals surface area contributed by atoms with Gasteiger partial charge in [-0.3, -0.25) is 0 Å². The molecule has 2 rings (SSSR count). The van der Waals surface area contributed by atoms with Gasteiger partial charge in [-0.25, -0.2) is 0 Å². The zero-order chi connectivity index (χ0) is 13.7. The molecule has 1 saturated carbocycles. The van der Waals surface area contributed by atoms with Crippen molar-refractivity contribution in [1.82, 2.24) is 0 Å². The van der Waals surface area contributed by atoms with Crippen LogP contribution in [0.25, 0.3) is 0 Å². The molecule has 19 heavy (non-hydrogen) atoms. The molecule has 1 aromatic carbocycles. The number of halogens is 2. The molecule has 106 valence electrons. The first-order chi connectivity index (χ1) is 9.17. The van der Waals surface area contributed by atoms with Crippen LogP contribution < -0.4 is 10.1 Å². The predicted octanol–water partition coefficient (Wildman–Crippen LogP) is 3.66. The van der Waals surface area contributed by atoms with E-state index in [4.69, 9.17) is 4.74 Å². The Morgan fingerprint density at radius 3 is 2.89 bits per heavy atom. The summed E-state index contributed by atoms with van der Waals surface area (Å²) in [5, 5.41) is 3.35. The van der Waals surface area contributed by atoms with Gasteiger partial charge in [-0.2, -0.15) is 8.78 Å². The first-order valence-corrected chi connectivity index (χ1v) is 6.51. The van der Waals surface area contributed by atoms with E-state index in [0.29, 0.717) is 6.04 Å². The summed E-state index contributed by atoms with van der Waals surface area (Å²) < 4.78 is 34.1. The third-order valence-electron chi connectivity index (χ3n) is 3.39. The lowest BCUT2D eigenvalue weighted by Crippen LogP contribution is -2.30. The molecule has 3 nitrogen and oxygen atoms in total. The van der Waals surface area contributed by atoms with Crippen molar-refractivity contribution in [2.45, 2.75) is 44.4 Å². The second-order valence-electron chi connectivity index (χ2n) is 4.77. The predicted molar refractivity (Wildman–Crippen MR) is 69.7 cm³/mol. The Balaban J connectivity index is 1.94.